The summed E-state index contributed by atoms with van der Waals surface area (Å²) in [7, 11) is 0. The van der Waals surface area contributed by atoms with E-state index < -0.39 is 12.0 Å². The Balaban J connectivity index is 2.65. The Morgan fingerprint density at radius 1 is 1.41 bits per heavy atom. The van der Waals surface area contributed by atoms with Gasteiger partial charge in [-0.05, 0) is 12.1 Å². The number of anilines is 1. The van der Waals surface area contributed by atoms with Crippen LogP contribution in [0.2, 0.25) is 5.15 Å². The molecule has 0 spiro atoms. The number of carbonyl (C=O) groups is 2. The average molecular weight is 259 g/mol. The second-order valence-corrected chi connectivity index (χ2v) is 3.44. The van der Waals surface area contributed by atoms with Gasteiger partial charge >= 0.3 is 12.0 Å². The minimum absolute atomic E-state index is 0.00785. The Labute approximate surface area is 102 Å². The number of rotatable bonds is 5. The fraction of sp³-hybridized carbons (Fsp3) is 0.222. The van der Waals surface area contributed by atoms with Gasteiger partial charge in [-0.25, -0.2) is 14.6 Å². The number of aromatic nitrogens is 1. The molecule has 0 radical (unpaired) electrons. The van der Waals surface area contributed by atoms with Crippen LogP contribution in [0.15, 0.2) is 12.1 Å². The lowest BCUT2D eigenvalue weighted by molar-refractivity contribution is 0.0697. The molecule has 0 unspecified atom stereocenters. The van der Waals surface area contributed by atoms with Crippen LogP contribution in [0.5, 0.6) is 0 Å². The van der Waals surface area contributed by atoms with E-state index in [1.54, 1.807) is 0 Å². The van der Waals surface area contributed by atoms with Crippen molar-refractivity contribution in [2.24, 2.45) is 5.73 Å². The lowest BCUT2D eigenvalue weighted by atomic mass is 10.2. The van der Waals surface area contributed by atoms with Crippen LogP contribution in [-0.4, -0.2) is 35.2 Å². The molecule has 1 aromatic rings. The number of carboxylic acids is 1. The molecular formula is C9H11ClN4O3. The molecule has 5 N–H and O–H groups in total. The molecule has 0 aliphatic rings. The number of carbonyl (C=O) groups excluding carboxylic acids is 1. The predicted octanol–water partition coefficient (Wildman–Crippen LogP) is 0.513. The first-order chi connectivity index (χ1) is 8.00. The normalized spacial score (nSPS) is 9.71. The van der Waals surface area contributed by atoms with Crippen molar-refractivity contribution < 1.29 is 14.7 Å². The molecule has 0 saturated heterocycles. The van der Waals surface area contributed by atoms with E-state index >= 15 is 0 Å². The lowest BCUT2D eigenvalue weighted by Gasteiger charge is -2.08. The average Bonchev–Trinajstić information content (AvgIpc) is 2.23. The number of hydrogen-bond donors (Lipinski definition) is 4. The third-order valence-corrected chi connectivity index (χ3v) is 2.02. The monoisotopic (exact) mass is 258 g/mol. The number of primary amides is 1. The van der Waals surface area contributed by atoms with E-state index in [0.29, 0.717) is 0 Å². The number of amides is 2. The molecule has 92 valence electrons. The van der Waals surface area contributed by atoms with E-state index in [1.165, 1.54) is 12.1 Å². The molecule has 0 atom stereocenters. The second kappa shape index (κ2) is 5.90. The van der Waals surface area contributed by atoms with Gasteiger partial charge in [-0.3, -0.25) is 0 Å². The quantitative estimate of drug-likeness (QED) is 0.453. The molecule has 1 rings (SSSR count). The highest BCUT2D eigenvalue weighted by atomic mass is 35.5. The highest BCUT2D eigenvalue weighted by molar-refractivity contribution is 6.29. The van der Waals surface area contributed by atoms with Crippen LogP contribution in [0.25, 0.3) is 0 Å². The summed E-state index contributed by atoms with van der Waals surface area (Å²) in [6.45, 7) is 0.541. The fourth-order valence-electron chi connectivity index (χ4n) is 1.11. The first-order valence-corrected chi connectivity index (χ1v) is 5.05. The zero-order valence-electron chi connectivity index (χ0n) is 8.74. The summed E-state index contributed by atoms with van der Waals surface area (Å²) in [5.41, 5.74) is 4.87. The number of aromatic carboxylic acids is 1. The molecule has 0 saturated carbocycles. The molecule has 0 aliphatic carbocycles. The molecule has 1 aromatic heterocycles. The molecule has 17 heavy (non-hydrogen) atoms. The first kappa shape index (κ1) is 13.0. The summed E-state index contributed by atoms with van der Waals surface area (Å²) in [5, 5.41) is 14.2. The summed E-state index contributed by atoms with van der Waals surface area (Å²) in [6.07, 6.45) is 0. The van der Waals surface area contributed by atoms with Gasteiger partial charge in [0, 0.05) is 13.1 Å². The molecule has 7 nitrogen and oxygen atoms in total. The number of nitrogens with two attached hydrogens (primary N) is 1. The molecule has 0 bridgehead atoms. The summed E-state index contributed by atoms with van der Waals surface area (Å²) >= 11 is 5.65. The number of nitrogens with one attached hydrogen (secondary N) is 2. The zero-order valence-corrected chi connectivity index (χ0v) is 9.49. The van der Waals surface area contributed by atoms with Crippen LogP contribution in [-0.2, 0) is 0 Å². The fourth-order valence-corrected chi connectivity index (χ4v) is 1.26. The highest BCUT2D eigenvalue weighted by Crippen LogP contribution is 2.16. The van der Waals surface area contributed by atoms with Crippen molar-refractivity contribution in [1.29, 1.82) is 0 Å². The Morgan fingerprint density at radius 2 is 2.12 bits per heavy atom. The maximum Gasteiger partial charge on any atom is 0.339 e. The van der Waals surface area contributed by atoms with Gasteiger partial charge in [-0.2, -0.15) is 0 Å². The third-order valence-electron chi connectivity index (χ3n) is 1.81. The number of carboxylic acid groups (broad SMARTS) is 1. The van der Waals surface area contributed by atoms with Crippen LogP contribution < -0.4 is 16.4 Å². The Kier molecular flexibility index (Phi) is 4.53. The summed E-state index contributed by atoms with van der Waals surface area (Å²) in [5.74, 6) is -0.962. The number of nitrogens with zero attached hydrogens (tertiary/aromatic N) is 1. The Bertz CT molecular complexity index is 438. The maximum atomic E-state index is 10.9. The number of pyridine rings is 1. The minimum Gasteiger partial charge on any atom is -0.478 e. The van der Waals surface area contributed by atoms with Gasteiger partial charge < -0.3 is 21.5 Å². The predicted molar refractivity (Wildman–Crippen MR) is 62.3 cm³/mol. The van der Waals surface area contributed by atoms with Crippen LogP contribution in [0.3, 0.4) is 0 Å². The Hall–Kier alpha value is -2.02. The zero-order chi connectivity index (χ0) is 12.8. The maximum absolute atomic E-state index is 10.9. The Morgan fingerprint density at radius 3 is 2.71 bits per heavy atom. The van der Waals surface area contributed by atoms with Crippen LogP contribution >= 0.6 is 11.6 Å². The third kappa shape index (κ3) is 4.15. The standard InChI is InChI=1S/C9H11ClN4O3/c10-6-2-1-5(8(15)16)7(14-6)12-3-4-13-9(11)17/h1-2H,3-4H2,(H,12,14)(H,15,16)(H3,11,13,17). The minimum atomic E-state index is -1.11. The number of urea groups is 1. The molecule has 0 fully saturated rings. The second-order valence-electron chi connectivity index (χ2n) is 3.05. The molecule has 2 amide bonds. The van der Waals surface area contributed by atoms with E-state index in [1.807, 2.05) is 0 Å². The van der Waals surface area contributed by atoms with Gasteiger partial charge in [0.25, 0.3) is 0 Å². The molecule has 1 heterocycles. The van der Waals surface area contributed by atoms with E-state index in [9.17, 15) is 9.59 Å². The van der Waals surface area contributed by atoms with E-state index in [2.05, 4.69) is 15.6 Å². The largest absolute Gasteiger partial charge is 0.478 e. The topological polar surface area (TPSA) is 117 Å². The van der Waals surface area contributed by atoms with Crippen molar-refractivity contribution >= 4 is 29.4 Å². The van der Waals surface area contributed by atoms with Gasteiger partial charge in [0.05, 0.1) is 0 Å². The molecule has 0 aliphatic heterocycles. The van der Waals surface area contributed by atoms with Gasteiger partial charge in [0.1, 0.15) is 16.5 Å². The van der Waals surface area contributed by atoms with E-state index in [4.69, 9.17) is 22.4 Å². The smallest absolute Gasteiger partial charge is 0.339 e. The number of halogens is 1. The SMILES string of the molecule is NC(=O)NCCNc1nc(Cl)ccc1C(=O)O. The molecular weight excluding hydrogens is 248 g/mol. The summed E-state index contributed by atoms with van der Waals surface area (Å²) in [4.78, 5) is 25.1. The van der Waals surface area contributed by atoms with E-state index in [0.717, 1.165) is 0 Å². The van der Waals surface area contributed by atoms with Crippen molar-refractivity contribution in [2.45, 2.75) is 0 Å². The van der Waals surface area contributed by atoms with Crippen molar-refractivity contribution in [2.75, 3.05) is 18.4 Å². The lowest BCUT2D eigenvalue weighted by Crippen LogP contribution is -2.33. The van der Waals surface area contributed by atoms with Gasteiger partial charge in [0.2, 0.25) is 0 Å². The van der Waals surface area contributed by atoms with Crippen molar-refractivity contribution in [1.82, 2.24) is 10.3 Å². The van der Waals surface area contributed by atoms with Gasteiger partial charge in [-0.15, -0.1) is 0 Å². The number of hydrogen-bond acceptors (Lipinski definition) is 4. The molecule has 8 heteroatoms. The van der Waals surface area contributed by atoms with Crippen molar-refractivity contribution in [3.8, 4) is 0 Å². The van der Waals surface area contributed by atoms with Crippen LogP contribution in [0, 0.1) is 0 Å². The molecule has 0 aromatic carbocycles. The van der Waals surface area contributed by atoms with Crippen molar-refractivity contribution in [3.63, 3.8) is 0 Å². The highest BCUT2D eigenvalue weighted by Gasteiger charge is 2.11. The van der Waals surface area contributed by atoms with Gasteiger partial charge in [-0.1, -0.05) is 11.6 Å². The van der Waals surface area contributed by atoms with Crippen molar-refractivity contribution in [3.05, 3.63) is 22.8 Å². The van der Waals surface area contributed by atoms with Gasteiger partial charge in [0.15, 0.2) is 0 Å². The summed E-state index contributed by atoms with van der Waals surface area (Å²) in [6, 6.07) is 2.09. The first-order valence-electron chi connectivity index (χ1n) is 4.67. The van der Waals surface area contributed by atoms with Crippen LogP contribution in [0.4, 0.5) is 10.6 Å². The van der Waals surface area contributed by atoms with Crippen LogP contribution in [0.1, 0.15) is 10.4 Å². The summed E-state index contributed by atoms with van der Waals surface area (Å²) < 4.78 is 0. The van der Waals surface area contributed by atoms with E-state index in [-0.39, 0.29) is 29.6 Å².